The second kappa shape index (κ2) is 8.30. The predicted octanol–water partition coefficient (Wildman–Crippen LogP) is 5.74. The summed E-state index contributed by atoms with van der Waals surface area (Å²) in [6.07, 6.45) is 1.63. The van der Waals surface area contributed by atoms with Gasteiger partial charge in [0.15, 0.2) is 0 Å². The predicted molar refractivity (Wildman–Crippen MR) is 92.4 cm³/mol. The number of halogens is 2. The molecule has 0 fully saturated rings. The molecule has 2 atom stereocenters. The normalized spacial score (nSPS) is 13.5. The molecular weight excluding hydrogens is 319 g/mol. The van der Waals surface area contributed by atoms with Crippen LogP contribution >= 0.6 is 23.2 Å². The summed E-state index contributed by atoms with van der Waals surface area (Å²) < 4.78 is 10.3. The van der Waals surface area contributed by atoms with Gasteiger partial charge in [-0.1, -0.05) is 24.3 Å². The summed E-state index contributed by atoms with van der Waals surface area (Å²) in [5.41, 5.74) is 2.17. The molecule has 0 N–H and O–H groups in total. The van der Waals surface area contributed by atoms with E-state index in [-0.39, 0.29) is 10.8 Å². The van der Waals surface area contributed by atoms with Gasteiger partial charge in [0, 0.05) is 0 Å². The molecular formula is C18H20Cl2O2. The quantitative estimate of drug-likeness (QED) is 0.599. The van der Waals surface area contributed by atoms with Crippen molar-refractivity contribution in [3.63, 3.8) is 0 Å². The topological polar surface area (TPSA) is 18.5 Å². The summed E-state index contributed by atoms with van der Waals surface area (Å²) in [7, 11) is 3.31. The van der Waals surface area contributed by atoms with Gasteiger partial charge in [0.05, 0.1) is 25.0 Å². The van der Waals surface area contributed by atoms with Crippen LogP contribution < -0.4 is 9.47 Å². The summed E-state index contributed by atoms with van der Waals surface area (Å²) >= 11 is 12.9. The van der Waals surface area contributed by atoms with E-state index in [0.29, 0.717) is 0 Å². The van der Waals surface area contributed by atoms with Crippen molar-refractivity contribution in [2.75, 3.05) is 14.2 Å². The van der Waals surface area contributed by atoms with E-state index in [2.05, 4.69) is 0 Å². The van der Waals surface area contributed by atoms with E-state index in [1.165, 1.54) is 0 Å². The van der Waals surface area contributed by atoms with Gasteiger partial charge in [-0.15, -0.1) is 23.2 Å². The summed E-state index contributed by atoms with van der Waals surface area (Å²) in [5.74, 6) is 1.67. The first-order valence-electron chi connectivity index (χ1n) is 7.20. The Balaban J connectivity index is 1.89. The molecule has 22 heavy (non-hydrogen) atoms. The maximum atomic E-state index is 6.46. The molecule has 2 aromatic carbocycles. The van der Waals surface area contributed by atoms with Crippen LogP contribution in [0.4, 0.5) is 0 Å². The minimum absolute atomic E-state index is 0.0506. The molecule has 2 nitrogen and oxygen atoms in total. The van der Waals surface area contributed by atoms with Crippen molar-refractivity contribution in [2.24, 2.45) is 0 Å². The Morgan fingerprint density at radius 3 is 1.27 bits per heavy atom. The summed E-state index contributed by atoms with van der Waals surface area (Å²) in [6, 6.07) is 15.7. The Bertz CT molecular complexity index is 513. The molecule has 118 valence electrons. The third-order valence-corrected chi connectivity index (χ3v) is 4.57. The molecule has 0 bridgehead atoms. The van der Waals surface area contributed by atoms with Crippen molar-refractivity contribution in [1.29, 1.82) is 0 Å². The summed E-state index contributed by atoms with van der Waals surface area (Å²) in [6.45, 7) is 0. The number of methoxy groups -OCH3 is 2. The van der Waals surface area contributed by atoms with Gasteiger partial charge in [-0.05, 0) is 48.2 Å². The van der Waals surface area contributed by atoms with Gasteiger partial charge >= 0.3 is 0 Å². The minimum atomic E-state index is -0.0506. The lowest BCUT2D eigenvalue weighted by Crippen LogP contribution is -1.96. The molecule has 0 aliphatic rings. The molecule has 4 heteroatoms. The number of ether oxygens (including phenoxy) is 2. The fourth-order valence-electron chi connectivity index (χ4n) is 2.25. The maximum absolute atomic E-state index is 6.46. The number of alkyl halides is 2. The zero-order chi connectivity index (χ0) is 15.9. The lowest BCUT2D eigenvalue weighted by atomic mass is 10.0. The zero-order valence-electron chi connectivity index (χ0n) is 12.8. The Morgan fingerprint density at radius 1 is 0.682 bits per heavy atom. The first kappa shape index (κ1) is 17.0. The van der Waals surface area contributed by atoms with Crippen molar-refractivity contribution >= 4 is 23.2 Å². The van der Waals surface area contributed by atoms with Gasteiger partial charge in [-0.25, -0.2) is 0 Å². The van der Waals surface area contributed by atoms with Crippen LogP contribution in [0.2, 0.25) is 0 Å². The molecule has 0 heterocycles. The van der Waals surface area contributed by atoms with Gasteiger partial charge < -0.3 is 9.47 Å². The van der Waals surface area contributed by atoms with Gasteiger partial charge in [0.25, 0.3) is 0 Å². The molecule has 0 spiro atoms. The van der Waals surface area contributed by atoms with Crippen LogP contribution in [0.25, 0.3) is 0 Å². The monoisotopic (exact) mass is 338 g/mol. The van der Waals surface area contributed by atoms with E-state index in [1.54, 1.807) is 14.2 Å². The molecule has 2 rings (SSSR count). The maximum Gasteiger partial charge on any atom is 0.118 e. The smallest absolute Gasteiger partial charge is 0.118 e. The third kappa shape index (κ3) is 4.56. The Hall–Kier alpha value is -1.38. The molecule has 0 aromatic heterocycles. The minimum Gasteiger partial charge on any atom is -0.497 e. The van der Waals surface area contributed by atoms with Gasteiger partial charge in [0.1, 0.15) is 11.5 Å². The third-order valence-electron chi connectivity index (χ3n) is 3.63. The molecule has 0 amide bonds. The first-order valence-corrected chi connectivity index (χ1v) is 8.07. The van der Waals surface area contributed by atoms with E-state index >= 15 is 0 Å². The average Bonchev–Trinajstić information content (AvgIpc) is 2.59. The number of rotatable bonds is 7. The number of benzene rings is 2. The van der Waals surface area contributed by atoms with E-state index in [9.17, 15) is 0 Å². The molecule has 0 saturated carbocycles. The van der Waals surface area contributed by atoms with Gasteiger partial charge in [0.2, 0.25) is 0 Å². The van der Waals surface area contributed by atoms with Crippen molar-refractivity contribution in [3.8, 4) is 11.5 Å². The van der Waals surface area contributed by atoms with Crippen LogP contribution in [0, 0.1) is 0 Å². The van der Waals surface area contributed by atoms with Gasteiger partial charge in [-0.3, -0.25) is 0 Å². The molecule has 0 aliphatic heterocycles. The zero-order valence-corrected chi connectivity index (χ0v) is 14.3. The standard InChI is InChI=1S/C18H20Cl2O2/c1-21-15-7-3-13(4-8-15)17(19)11-12-18(20)14-5-9-16(22-2)10-6-14/h3-10,17-18H,11-12H2,1-2H3/t17-,18-/m1/s1. The van der Waals surface area contributed by atoms with Crippen LogP contribution in [-0.4, -0.2) is 14.2 Å². The molecule has 0 saturated heterocycles. The number of hydrogen-bond donors (Lipinski definition) is 0. The Morgan fingerprint density at radius 2 is 1.00 bits per heavy atom. The van der Waals surface area contributed by atoms with E-state index in [0.717, 1.165) is 35.5 Å². The highest BCUT2D eigenvalue weighted by Gasteiger charge is 2.13. The Kier molecular flexibility index (Phi) is 6.41. The van der Waals surface area contributed by atoms with Crippen LogP contribution in [0.3, 0.4) is 0 Å². The van der Waals surface area contributed by atoms with Crippen LogP contribution in [0.5, 0.6) is 11.5 Å². The van der Waals surface area contributed by atoms with E-state index < -0.39 is 0 Å². The second-order valence-corrected chi connectivity index (χ2v) is 6.11. The highest BCUT2D eigenvalue weighted by atomic mass is 35.5. The first-order chi connectivity index (χ1) is 10.6. The van der Waals surface area contributed by atoms with E-state index in [4.69, 9.17) is 32.7 Å². The molecule has 2 aromatic rings. The van der Waals surface area contributed by atoms with Crippen molar-refractivity contribution in [1.82, 2.24) is 0 Å². The SMILES string of the molecule is COc1ccc([C@H](Cl)CC[C@@H](Cl)c2ccc(OC)cc2)cc1. The van der Waals surface area contributed by atoms with Crippen molar-refractivity contribution < 1.29 is 9.47 Å². The molecule has 0 unspecified atom stereocenters. The van der Waals surface area contributed by atoms with Crippen molar-refractivity contribution in [2.45, 2.75) is 23.6 Å². The van der Waals surface area contributed by atoms with Crippen LogP contribution in [0.1, 0.15) is 34.7 Å². The van der Waals surface area contributed by atoms with Crippen LogP contribution in [-0.2, 0) is 0 Å². The fraction of sp³-hybridized carbons (Fsp3) is 0.333. The summed E-state index contributed by atoms with van der Waals surface area (Å²) in [5, 5.41) is -0.101. The van der Waals surface area contributed by atoms with Crippen molar-refractivity contribution in [3.05, 3.63) is 59.7 Å². The molecule has 0 radical (unpaired) electrons. The highest BCUT2D eigenvalue weighted by molar-refractivity contribution is 6.21. The van der Waals surface area contributed by atoms with Crippen LogP contribution in [0.15, 0.2) is 48.5 Å². The largest absolute Gasteiger partial charge is 0.497 e. The fourth-order valence-corrected chi connectivity index (χ4v) is 2.79. The lowest BCUT2D eigenvalue weighted by Gasteiger charge is -2.14. The summed E-state index contributed by atoms with van der Waals surface area (Å²) in [4.78, 5) is 0. The highest BCUT2D eigenvalue weighted by Crippen LogP contribution is 2.33. The molecule has 0 aliphatic carbocycles. The average molecular weight is 339 g/mol. The van der Waals surface area contributed by atoms with E-state index in [1.807, 2.05) is 48.5 Å². The Labute approximate surface area is 142 Å². The second-order valence-electron chi connectivity index (χ2n) is 5.06. The lowest BCUT2D eigenvalue weighted by molar-refractivity contribution is 0.414. The number of hydrogen-bond acceptors (Lipinski definition) is 2. The van der Waals surface area contributed by atoms with Gasteiger partial charge in [-0.2, -0.15) is 0 Å².